The number of allylic oxidation sites excluding steroid dienone is 1. The molecular weight excluding hydrogens is 412 g/mol. The average molecular weight is 439 g/mol. The third-order valence-corrected chi connectivity index (χ3v) is 6.36. The Labute approximate surface area is 193 Å². The Morgan fingerprint density at radius 3 is 2.36 bits per heavy atom. The molecule has 0 saturated carbocycles. The molecule has 1 amide bonds. The van der Waals surface area contributed by atoms with Crippen LogP contribution in [0.25, 0.3) is 0 Å². The number of methoxy groups -OCH3 is 1. The lowest BCUT2D eigenvalue weighted by Gasteiger charge is -2.34. The predicted octanol–water partition coefficient (Wildman–Crippen LogP) is 5.76. The summed E-state index contributed by atoms with van der Waals surface area (Å²) in [6.07, 6.45) is 1.23. The van der Waals surface area contributed by atoms with Gasteiger partial charge in [-0.1, -0.05) is 49.4 Å². The van der Waals surface area contributed by atoms with Gasteiger partial charge in [-0.15, -0.1) is 0 Å². The van der Waals surface area contributed by atoms with Gasteiger partial charge in [-0.2, -0.15) is 0 Å². The molecule has 2 unspecified atom stereocenters. The molecule has 5 nitrogen and oxygen atoms in total. The van der Waals surface area contributed by atoms with E-state index in [9.17, 15) is 9.59 Å². The Morgan fingerprint density at radius 1 is 0.939 bits per heavy atom. The SMILES string of the molecule is COc1ccc(C2C3=C(CC(C)CC3=O)Nc3ccccc3N2C(=O)c2ccccc2)cc1. The van der Waals surface area contributed by atoms with Crippen LogP contribution >= 0.6 is 0 Å². The first-order valence-electron chi connectivity index (χ1n) is 11.2. The van der Waals surface area contributed by atoms with Crippen LogP contribution in [0.15, 0.2) is 90.1 Å². The normalized spacial score (nSPS) is 19.8. The van der Waals surface area contributed by atoms with Crippen LogP contribution < -0.4 is 15.0 Å². The van der Waals surface area contributed by atoms with Gasteiger partial charge in [0.05, 0.1) is 24.5 Å². The molecule has 1 heterocycles. The van der Waals surface area contributed by atoms with Crippen LogP contribution in [-0.4, -0.2) is 18.8 Å². The van der Waals surface area contributed by atoms with Crippen molar-refractivity contribution in [2.24, 2.45) is 5.92 Å². The maximum Gasteiger partial charge on any atom is 0.259 e. The van der Waals surface area contributed by atoms with E-state index in [0.29, 0.717) is 17.6 Å². The fraction of sp³-hybridized carbons (Fsp3) is 0.214. The number of carbonyl (C=O) groups excluding carboxylic acids is 2. The highest BCUT2D eigenvalue weighted by molar-refractivity contribution is 6.11. The topological polar surface area (TPSA) is 58.6 Å². The molecule has 0 aromatic heterocycles. The smallest absolute Gasteiger partial charge is 0.259 e. The molecule has 1 N–H and O–H groups in total. The number of amides is 1. The number of ketones is 1. The standard InChI is InChI=1S/C28H26N2O3/c1-18-16-23-26(25(31)17-18)27(19-12-14-21(33-2)15-13-19)30(24-11-7-6-10-22(24)29-23)28(32)20-8-4-3-5-9-20/h3-15,18,27,29H,16-17H2,1-2H3. The first kappa shape index (κ1) is 21.0. The highest BCUT2D eigenvalue weighted by atomic mass is 16.5. The highest BCUT2D eigenvalue weighted by Crippen LogP contribution is 2.46. The minimum absolute atomic E-state index is 0.0794. The zero-order chi connectivity index (χ0) is 22.9. The molecule has 0 radical (unpaired) electrons. The Kier molecular flexibility index (Phi) is 5.47. The molecule has 1 aliphatic carbocycles. The van der Waals surface area contributed by atoms with Crippen LogP contribution in [0.2, 0.25) is 0 Å². The number of Topliss-reactive ketones (excluding diaryl/α,β-unsaturated/α-hetero) is 1. The van der Waals surface area contributed by atoms with Crippen molar-refractivity contribution in [3.63, 3.8) is 0 Å². The van der Waals surface area contributed by atoms with E-state index in [-0.39, 0.29) is 17.6 Å². The van der Waals surface area contributed by atoms with Crippen LogP contribution in [0.3, 0.4) is 0 Å². The van der Waals surface area contributed by atoms with Crippen molar-refractivity contribution < 1.29 is 14.3 Å². The minimum Gasteiger partial charge on any atom is -0.497 e. The minimum atomic E-state index is -0.547. The lowest BCUT2D eigenvalue weighted by Crippen LogP contribution is -2.38. The van der Waals surface area contributed by atoms with Crippen molar-refractivity contribution in [3.8, 4) is 5.75 Å². The number of ether oxygens (including phenoxy) is 1. The number of hydrogen-bond acceptors (Lipinski definition) is 4. The second-order valence-corrected chi connectivity index (χ2v) is 8.69. The summed E-state index contributed by atoms with van der Waals surface area (Å²) in [6.45, 7) is 2.09. The maximum absolute atomic E-state index is 14.0. The zero-order valence-electron chi connectivity index (χ0n) is 18.7. The molecular formula is C28H26N2O3. The Hall–Kier alpha value is -3.86. The number of rotatable bonds is 3. The molecule has 5 heteroatoms. The van der Waals surface area contributed by atoms with Gasteiger partial charge >= 0.3 is 0 Å². The molecule has 0 fully saturated rings. The van der Waals surface area contributed by atoms with Gasteiger partial charge in [0.2, 0.25) is 0 Å². The fourth-order valence-electron chi connectivity index (χ4n) is 4.83. The largest absolute Gasteiger partial charge is 0.497 e. The van der Waals surface area contributed by atoms with E-state index in [1.165, 1.54) is 0 Å². The van der Waals surface area contributed by atoms with Gasteiger partial charge in [0.1, 0.15) is 5.75 Å². The third kappa shape index (κ3) is 3.80. The van der Waals surface area contributed by atoms with Gasteiger partial charge in [0.15, 0.2) is 5.78 Å². The highest BCUT2D eigenvalue weighted by Gasteiger charge is 2.40. The summed E-state index contributed by atoms with van der Waals surface area (Å²) in [5.74, 6) is 0.898. The number of para-hydroxylation sites is 2. The molecule has 2 atom stereocenters. The van der Waals surface area contributed by atoms with E-state index in [4.69, 9.17) is 4.74 Å². The number of benzene rings is 3. The van der Waals surface area contributed by atoms with Crippen molar-refractivity contribution in [1.29, 1.82) is 0 Å². The number of nitrogens with zero attached hydrogens (tertiary/aromatic N) is 1. The summed E-state index contributed by atoms with van der Waals surface area (Å²) < 4.78 is 5.35. The molecule has 0 spiro atoms. The van der Waals surface area contributed by atoms with E-state index >= 15 is 0 Å². The van der Waals surface area contributed by atoms with E-state index in [1.54, 1.807) is 12.0 Å². The molecule has 3 aromatic carbocycles. The first-order chi connectivity index (χ1) is 16.1. The number of hydrogen-bond donors (Lipinski definition) is 1. The lowest BCUT2D eigenvalue weighted by molar-refractivity contribution is -0.117. The van der Waals surface area contributed by atoms with Gasteiger partial charge in [0, 0.05) is 23.3 Å². The average Bonchev–Trinajstić information content (AvgIpc) is 2.98. The quantitative estimate of drug-likeness (QED) is 0.565. The number of fused-ring (bicyclic) bond motifs is 1. The summed E-state index contributed by atoms with van der Waals surface area (Å²) in [7, 11) is 1.62. The predicted molar refractivity (Wildman–Crippen MR) is 129 cm³/mol. The summed E-state index contributed by atoms with van der Waals surface area (Å²) in [5.41, 5.74) is 4.59. The monoisotopic (exact) mass is 438 g/mol. The van der Waals surface area contributed by atoms with Gasteiger partial charge in [0.25, 0.3) is 5.91 Å². The van der Waals surface area contributed by atoms with Crippen LogP contribution in [0.5, 0.6) is 5.75 Å². The van der Waals surface area contributed by atoms with E-state index < -0.39 is 6.04 Å². The third-order valence-electron chi connectivity index (χ3n) is 6.36. The zero-order valence-corrected chi connectivity index (χ0v) is 18.7. The van der Waals surface area contributed by atoms with E-state index in [0.717, 1.165) is 34.8 Å². The molecule has 1 aliphatic heterocycles. The first-order valence-corrected chi connectivity index (χ1v) is 11.2. The van der Waals surface area contributed by atoms with E-state index in [2.05, 4.69) is 12.2 Å². The second-order valence-electron chi connectivity index (χ2n) is 8.69. The van der Waals surface area contributed by atoms with Crippen molar-refractivity contribution >= 4 is 23.1 Å². The second kappa shape index (κ2) is 8.58. The number of carbonyl (C=O) groups is 2. The van der Waals surface area contributed by atoms with E-state index in [1.807, 2.05) is 78.9 Å². The number of nitrogens with one attached hydrogen (secondary N) is 1. The fourth-order valence-corrected chi connectivity index (χ4v) is 4.83. The Bertz CT molecular complexity index is 1230. The number of anilines is 2. The van der Waals surface area contributed by atoms with Gasteiger partial charge in [-0.3, -0.25) is 14.5 Å². The lowest BCUT2D eigenvalue weighted by atomic mass is 9.81. The van der Waals surface area contributed by atoms with Crippen LogP contribution in [0, 0.1) is 5.92 Å². The molecule has 166 valence electrons. The molecule has 0 bridgehead atoms. The maximum atomic E-state index is 14.0. The van der Waals surface area contributed by atoms with Gasteiger partial charge < -0.3 is 10.1 Å². The molecule has 33 heavy (non-hydrogen) atoms. The van der Waals surface area contributed by atoms with Gasteiger partial charge in [-0.05, 0) is 54.3 Å². The summed E-state index contributed by atoms with van der Waals surface area (Å²) in [6, 6.07) is 24.1. The Balaban J connectivity index is 1.77. The summed E-state index contributed by atoms with van der Waals surface area (Å²) >= 11 is 0. The van der Waals surface area contributed by atoms with Crippen molar-refractivity contribution in [1.82, 2.24) is 0 Å². The molecule has 0 saturated heterocycles. The van der Waals surface area contributed by atoms with Crippen LogP contribution in [0.1, 0.15) is 41.7 Å². The molecule has 2 aliphatic rings. The Morgan fingerprint density at radius 2 is 1.64 bits per heavy atom. The molecule has 5 rings (SSSR count). The molecule has 3 aromatic rings. The van der Waals surface area contributed by atoms with Crippen molar-refractivity contribution in [2.75, 3.05) is 17.3 Å². The van der Waals surface area contributed by atoms with Crippen molar-refractivity contribution in [2.45, 2.75) is 25.8 Å². The van der Waals surface area contributed by atoms with Crippen molar-refractivity contribution in [3.05, 3.63) is 101 Å². The summed E-state index contributed by atoms with van der Waals surface area (Å²) in [5, 5.41) is 3.52. The summed E-state index contributed by atoms with van der Waals surface area (Å²) in [4.78, 5) is 29.3. The van der Waals surface area contributed by atoms with Gasteiger partial charge in [-0.25, -0.2) is 0 Å². The van der Waals surface area contributed by atoms with Crippen LogP contribution in [0.4, 0.5) is 11.4 Å². The van der Waals surface area contributed by atoms with Crippen LogP contribution in [-0.2, 0) is 4.79 Å².